The third kappa shape index (κ3) is 2.85. The van der Waals surface area contributed by atoms with Gasteiger partial charge in [-0.25, -0.2) is 4.79 Å². The quantitative estimate of drug-likeness (QED) is 0.578. The summed E-state index contributed by atoms with van der Waals surface area (Å²) in [5.74, 6) is -13.2. The molecule has 0 aromatic heterocycles. The fraction of sp³-hybridized carbons (Fsp3) is 0.500. The first kappa shape index (κ1) is 13.8. The Hall–Kier alpha value is -1.25. The van der Waals surface area contributed by atoms with Crippen molar-refractivity contribution in [1.82, 2.24) is 0 Å². The van der Waals surface area contributed by atoms with E-state index < -0.39 is 36.1 Å². The van der Waals surface area contributed by atoms with E-state index in [9.17, 15) is 31.1 Å². The van der Waals surface area contributed by atoms with Gasteiger partial charge in [0.05, 0.1) is 0 Å². The Morgan fingerprint density at radius 3 is 1.73 bits per heavy atom. The lowest BCUT2D eigenvalue weighted by atomic mass is 10.1. The Morgan fingerprint density at radius 1 is 1.07 bits per heavy atom. The van der Waals surface area contributed by atoms with Gasteiger partial charge in [0.1, 0.15) is 0 Å². The van der Waals surface area contributed by atoms with Crippen molar-refractivity contribution in [1.29, 1.82) is 0 Å². The maximum absolute atomic E-state index is 12.4. The molecule has 0 radical (unpaired) electrons. The number of hydrogen-bond donors (Lipinski definition) is 2. The van der Waals surface area contributed by atoms with E-state index in [0.29, 0.717) is 0 Å². The summed E-state index contributed by atoms with van der Waals surface area (Å²) in [6.07, 6.45) is -7.53. The van der Waals surface area contributed by atoms with Crippen LogP contribution < -0.4 is 0 Å². The summed E-state index contributed by atoms with van der Waals surface area (Å²) in [6.45, 7) is 0. The summed E-state index contributed by atoms with van der Waals surface area (Å²) >= 11 is 0. The molecule has 1 unspecified atom stereocenters. The molecule has 0 saturated carbocycles. The average Bonchev–Trinajstić information content (AvgIpc) is 1.98. The van der Waals surface area contributed by atoms with Crippen molar-refractivity contribution in [2.45, 2.75) is 18.0 Å². The zero-order valence-electron chi connectivity index (χ0n) is 6.73. The van der Waals surface area contributed by atoms with Crippen LogP contribution in [0.3, 0.4) is 0 Å². The normalized spacial score (nSPS) is 17.8. The molecule has 0 amide bonds. The van der Waals surface area contributed by atoms with Crippen LogP contribution in [-0.4, -0.2) is 34.1 Å². The average molecular weight is 238 g/mol. The molecule has 0 aliphatic carbocycles. The number of halogens is 6. The van der Waals surface area contributed by atoms with Gasteiger partial charge in [-0.15, -0.1) is 0 Å². The summed E-state index contributed by atoms with van der Waals surface area (Å²) in [5.41, 5.74) is 0. The molecular formula is C6H4F6O3. The Kier molecular flexibility index (Phi) is 3.41. The van der Waals surface area contributed by atoms with E-state index in [1.165, 1.54) is 0 Å². The zero-order chi connectivity index (χ0) is 12.5. The number of aliphatic carboxylic acids is 1. The van der Waals surface area contributed by atoms with Crippen LogP contribution in [-0.2, 0) is 4.79 Å². The first-order valence-corrected chi connectivity index (χ1v) is 3.20. The van der Waals surface area contributed by atoms with Gasteiger partial charge in [0, 0.05) is 6.08 Å². The second-order valence-electron chi connectivity index (χ2n) is 2.41. The molecule has 0 rings (SSSR count). The summed E-state index contributed by atoms with van der Waals surface area (Å²) in [6, 6.07) is 0. The van der Waals surface area contributed by atoms with E-state index in [2.05, 4.69) is 0 Å². The van der Waals surface area contributed by atoms with Crippen LogP contribution in [0.4, 0.5) is 26.3 Å². The first-order chi connectivity index (χ1) is 6.42. The lowest BCUT2D eigenvalue weighted by molar-refractivity contribution is -0.373. The van der Waals surface area contributed by atoms with Gasteiger partial charge in [0.25, 0.3) is 0 Å². The molecule has 3 nitrogen and oxygen atoms in total. The maximum Gasteiger partial charge on any atom is 0.455 e. The van der Waals surface area contributed by atoms with Crippen LogP contribution in [0.2, 0.25) is 0 Å². The van der Waals surface area contributed by atoms with E-state index in [1.54, 1.807) is 0 Å². The highest BCUT2D eigenvalue weighted by atomic mass is 19.4. The summed E-state index contributed by atoms with van der Waals surface area (Å²) in [7, 11) is 0. The summed E-state index contributed by atoms with van der Waals surface area (Å²) in [4.78, 5) is 9.72. The Labute approximate surface area is 78.6 Å². The van der Waals surface area contributed by atoms with Crippen molar-refractivity contribution >= 4 is 5.97 Å². The molecular weight excluding hydrogens is 234 g/mol. The minimum absolute atomic E-state index is 0.406. The monoisotopic (exact) mass is 238 g/mol. The third-order valence-corrected chi connectivity index (χ3v) is 1.25. The topological polar surface area (TPSA) is 57.5 Å². The van der Waals surface area contributed by atoms with Gasteiger partial charge >= 0.3 is 23.9 Å². The van der Waals surface area contributed by atoms with Gasteiger partial charge in [0.2, 0.25) is 0 Å². The Bertz CT molecular complexity index is 279. The van der Waals surface area contributed by atoms with Crippen molar-refractivity contribution in [3.8, 4) is 0 Å². The third-order valence-electron chi connectivity index (χ3n) is 1.25. The largest absolute Gasteiger partial charge is 0.478 e. The van der Waals surface area contributed by atoms with Crippen LogP contribution in [0.1, 0.15) is 0 Å². The van der Waals surface area contributed by atoms with E-state index in [0.717, 1.165) is 0 Å². The smallest absolute Gasteiger partial charge is 0.455 e. The second kappa shape index (κ2) is 3.72. The molecule has 0 heterocycles. The predicted molar refractivity (Wildman–Crippen MR) is 33.8 cm³/mol. The van der Waals surface area contributed by atoms with Gasteiger partial charge in [-0.05, 0) is 6.08 Å². The number of alkyl halides is 6. The fourth-order valence-electron chi connectivity index (χ4n) is 0.475. The number of aliphatic hydroxyl groups is 1. The second-order valence-corrected chi connectivity index (χ2v) is 2.41. The molecule has 15 heavy (non-hydrogen) atoms. The summed E-state index contributed by atoms with van der Waals surface area (Å²) in [5, 5.41) is 15.7. The van der Waals surface area contributed by atoms with Gasteiger partial charge in [0.15, 0.2) is 0 Å². The Balaban J connectivity index is 5.10. The van der Waals surface area contributed by atoms with Crippen molar-refractivity contribution in [2.75, 3.05) is 0 Å². The van der Waals surface area contributed by atoms with Gasteiger partial charge < -0.3 is 10.2 Å². The van der Waals surface area contributed by atoms with Crippen LogP contribution in [0.5, 0.6) is 0 Å². The van der Waals surface area contributed by atoms with Gasteiger partial charge in [-0.1, -0.05) is 0 Å². The molecule has 0 fully saturated rings. The minimum Gasteiger partial charge on any atom is -0.478 e. The molecule has 0 bridgehead atoms. The van der Waals surface area contributed by atoms with Crippen molar-refractivity contribution < 1.29 is 41.4 Å². The van der Waals surface area contributed by atoms with E-state index in [-0.39, 0.29) is 0 Å². The minimum atomic E-state index is -6.24. The molecule has 9 heteroatoms. The van der Waals surface area contributed by atoms with Crippen molar-refractivity contribution in [2.24, 2.45) is 0 Å². The predicted octanol–water partition coefficient (Wildman–Crippen LogP) is 1.48. The Morgan fingerprint density at radius 2 is 1.47 bits per heavy atom. The van der Waals surface area contributed by atoms with E-state index in [4.69, 9.17) is 10.2 Å². The zero-order valence-corrected chi connectivity index (χ0v) is 6.73. The van der Waals surface area contributed by atoms with Gasteiger partial charge in [-0.3, -0.25) is 0 Å². The molecule has 0 spiro atoms. The number of carbonyl (C=O) groups is 1. The van der Waals surface area contributed by atoms with Crippen LogP contribution >= 0.6 is 0 Å². The highest BCUT2D eigenvalue weighted by molar-refractivity contribution is 5.79. The highest BCUT2D eigenvalue weighted by Crippen LogP contribution is 2.43. The van der Waals surface area contributed by atoms with Crippen molar-refractivity contribution in [3.05, 3.63) is 12.2 Å². The van der Waals surface area contributed by atoms with Gasteiger partial charge in [-0.2, -0.15) is 26.3 Å². The maximum atomic E-state index is 12.4. The van der Waals surface area contributed by atoms with Crippen LogP contribution in [0.25, 0.3) is 0 Å². The first-order valence-electron chi connectivity index (χ1n) is 3.20. The molecule has 0 saturated heterocycles. The van der Waals surface area contributed by atoms with Crippen LogP contribution in [0, 0.1) is 0 Å². The SMILES string of the molecule is O=C(O)C=CC(F)(F)C(O)(F)C(F)(F)F. The molecule has 0 aromatic carbocycles. The number of hydrogen-bond acceptors (Lipinski definition) is 2. The fourth-order valence-corrected chi connectivity index (χ4v) is 0.475. The van der Waals surface area contributed by atoms with Crippen LogP contribution in [0.15, 0.2) is 12.2 Å². The molecule has 0 aliphatic rings. The lowest BCUT2D eigenvalue weighted by Crippen LogP contribution is -2.54. The van der Waals surface area contributed by atoms with E-state index >= 15 is 0 Å². The molecule has 0 aliphatic heterocycles. The molecule has 0 aromatic rings. The molecule has 2 N–H and O–H groups in total. The summed E-state index contributed by atoms with van der Waals surface area (Å²) < 4.78 is 71.7. The number of rotatable bonds is 3. The van der Waals surface area contributed by atoms with E-state index in [1.807, 2.05) is 0 Å². The number of carboxylic acid groups (broad SMARTS) is 1. The lowest BCUT2D eigenvalue weighted by Gasteiger charge is -2.27. The van der Waals surface area contributed by atoms with Crippen molar-refractivity contribution in [3.63, 3.8) is 0 Å². The number of carboxylic acids is 1. The molecule has 1 atom stereocenters. The highest BCUT2D eigenvalue weighted by Gasteiger charge is 2.69. The standard InChI is InChI=1S/C6H4F6O3/c7-4(8,2-1-3(13)14)5(9,15)6(10,11)12/h1-2,15H,(H,13,14). The molecule has 88 valence electrons.